The van der Waals surface area contributed by atoms with Crippen molar-refractivity contribution in [3.63, 3.8) is 0 Å². The first-order chi connectivity index (χ1) is 18.8. The quantitative estimate of drug-likeness (QED) is 0.205. The molecule has 0 atom stereocenters. The number of carbonyl (C=O) groups excluding carboxylic acids is 3. The van der Waals surface area contributed by atoms with Gasteiger partial charge in [0.1, 0.15) is 18.0 Å². The summed E-state index contributed by atoms with van der Waals surface area (Å²) < 4.78 is 25.2. The van der Waals surface area contributed by atoms with E-state index in [1.165, 1.54) is 18.2 Å². The summed E-state index contributed by atoms with van der Waals surface area (Å²) in [5.41, 5.74) is 3.22. The Morgan fingerprint density at radius 2 is 1.64 bits per heavy atom. The Bertz CT molecular complexity index is 1430. The van der Waals surface area contributed by atoms with Crippen LogP contribution in [0.1, 0.15) is 36.1 Å². The Hall–Kier alpha value is -4.72. The van der Waals surface area contributed by atoms with Crippen LogP contribution >= 0.6 is 0 Å². The number of halogens is 1. The van der Waals surface area contributed by atoms with Gasteiger partial charge in [0.25, 0.3) is 11.8 Å². The number of barbiturate groups is 1. The number of anilines is 1. The van der Waals surface area contributed by atoms with Crippen LogP contribution in [0.4, 0.5) is 14.9 Å². The highest BCUT2D eigenvalue weighted by Gasteiger charge is 2.36. The number of carbonyl (C=O) groups is 3. The molecule has 0 radical (unpaired) electrons. The summed E-state index contributed by atoms with van der Waals surface area (Å²) in [4.78, 5) is 39.6. The molecule has 0 unspecified atom stereocenters. The summed E-state index contributed by atoms with van der Waals surface area (Å²) in [7, 11) is 0. The Labute approximate surface area is 226 Å². The summed E-state index contributed by atoms with van der Waals surface area (Å²) in [6, 6.07) is 15.6. The molecule has 39 heavy (non-hydrogen) atoms. The van der Waals surface area contributed by atoms with E-state index in [1.807, 2.05) is 26.0 Å². The maximum atomic E-state index is 13.4. The van der Waals surface area contributed by atoms with Crippen LogP contribution in [0, 0.1) is 5.82 Å². The van der Waals surface area contributed by atoms with Crippen LogP contribution in [0.5, 0.6) is 11.5 Å². The van der Waals surface area contributed by atoms with Crippen molar-refractivity contribution in [3.05, 3.63) is 107 Å². The van der Waals surface area contributed by atoms with Gasteiger partial charge in [0.2, 0.25) is 0 Å². The number of hydrogen-bond donors (Lipinski definition) is 1. The highest BCUT2D eigenvalue weighted by atomic mass is 19.1. The molecule has 0 bridgehead atoms. The Morgan fingerprint density at radius 1 is 0.949 bits per heavy atom. The number of rotatable bonds is 10. The molecule has 1 aliphatic heterocycles. The van der Waals surface area contributed by atoms with Gasteiger partial charge in [-0.05, 0) is 78.9 Å². The van der Waals surface area contributed by atoms with Gasteiger partial charge in [0, 0.05) is 5.56 Å². The minimum Gasteiger partial charge on any atom is -0.490 e. The second-order valence-corrected chi connectivity index (χ2v) is 8.83. The zero-order chi connectivity index (χ0) is 27.9. The maximum absolute atomic E-state index is 13.4. The van der Waals surface area contributed by atoms with E-state index in [4.69, 9.17) is 9.47 Å². The van der Waals surface area contributed by atoms with E-state index in [0.717, 1.165) is 28.0 Å². The second kappa shape index (κ2) is 12.2. The van der Waals surface area contributed by atoms with Crippen molar-refractivity contribution in [2.75, 3.05) is 11.5 Å². The zero-order valence-corrected chi connectivity index (χ0v) is 21.8. The zero-order valence-electron chi connectivity index (χ0n) is 21.8. The molecule has 8 heteroatoms. The molecule has 4 amide bonds. The van der Waals surface area contributed by atoms with Gasteiger partial charge in [-0.25, -0.2) is 14.1 Å². The summed E-state index contributed by atoms with van der Waals surface area (Å²) in [6.07, 6.45) is 4.36. The fourth-order valence-corrected chi connectivity index (χ4v) is 4.18. The topological polar surface area (TPSA) is 84.9 Å². The van der Waals surface area contributed by atoms with Gasteiger partial charge in [-0.1, -0.05) is 37.3 Å². The molecule has 200 valence electrons. The standard InChI is InChI=1S/C31H29FN2O5/c1-4-7-23-16-22(18-27(38-6-3)28(23)39-19-21-8-12-24(32)13-9-21)17-26-29(35)33-31(37)34(30(26)36)25-14-10-20(5-2)11-15-25/h4,8-18H,1,5-7,19H2,2-3H3,(H,33,35,37)/b26-17-. The highest BCUT2D eigenvalue weighted by molar-refractivity contribution is 6.39. The van der Waals surface area contributed by atoms with Gasteiger partial charge in [0.15, 0.2) is 11.5 Å². The van der Waals surface area contributed by atoms with Crippen molar-refractivity contribution in [3.8, 4) is 11.5 Å². The van der Waals surface area contributed by atoms with Crippen LogP contribution in [-0.4, -0.2) is 24.5 Å². The number of imide groups is 2. The molecule has 3 aromatic carbocycles. The lowest BCUT2D eigenvalue weighted by atomic mass is 10.0. The number of nitrogens with zero attached hydrogens (tertiary/aromatic N) is 1. The number of benzene rings is 3. The lowest BCUT2D eigenvalue weighted by Gasteiger charge is -2.26. The molecular weight excluding hydrogens is 499 g/mol. The molecule has 3 aromatic rings. The molecule has 0 aliphatic carbocycles. The SMILES string of the molecule is C=CCc1cc(/C=C2/C(=O)NC(=O)N(c3ccc(CC)cc3)C2=O)cc(OCC)c1OCc1ccc(F)cc1. The van der Waals surface area contributed by atoms with Crippen molar-refractivity contribution < 1.29 is 28.2 Å². The molecule has 7 nitrogen and oxygen atoms in total. The first-order valence-electron chi connectivity index (χ1n) is 12.6. The van der Waals surface area contributed by atoms with Crippen molar-refractivity contribution in [1.29, 1.82) is 0 Å². The molecule has 4 rings (SSSR count). The fourth-order valence-electron chi connectivity index (χ4n) is 4.18. The van der Waals surface area contributed by atoms with Crippen LogP contribution in [0.25, 0.3) is 6.08 Å². The van der Waals surface area contributed by atoms with E-state index >= 15 is 0 Å². The van der Waals surface area contributed by atoms with Crippen LogP contribution in [-0.2, 0) is 29.0 Å². The largest absolute Gasteiger partial charge is 0.490 e. The van der Waals surface area contributed by atoms with Gasteiger partial charge in [-0.15, -0.1) is 6.58 Å². The minimum atomic E-state index is -0.807. The van der Waals surface area contributed by atoms with Crippen LogP contribution in [0.2, 0.25) is 0 Å². The van der Waals surface area contributed by atoms with Gasteiger partial charge in [0.05, 0.1) is 12.3 Å². The molecule has 1 aliphatic rings. The minimum absolute atomic E-state index is 0.180. The first kappa shape index (κ1) is 27.3. The third kappa shape index (κ3) is 6.23. The maximum Gasteiger partial charge on any atom is 0.335 e. The van der Waals surface area contributed by atoms with Crippen LogP contribution in [0.15, 0.2) is 78.9 Å². The van der Waals surface area contributed by atoms with E-state index in [9.17, 15) is 18.8 Å². The van der Waals surface area contributed by atoms with Crippen molar-refractivity contribution in [2.24, 2.45) is 0 Å². The second-order valence-electron chi connectivity index (χ2n) is 8.83. The number of allylic oxidation sites excluding steroid dienone is 1. The van der Waals surface area contributed by atoms with E-state index in [2.05, 4.69) is 11.9 Å². The number of hydrogen-bond acceptors (Lipinski definition) is 5. The van der Waals surface area contributed by atoms with E-state index < -0.39 is 17.8 Å². The van der Waals surface area contributed by atoms with Gasteiger partial charge >= 0.3 is 6.03 Å². The normalized spacial score (nSPS) is 14.4. The smallest absolute Gasteiger partial charge is 0.335 e. The molecular formula is C31H29FN2O5. The number of urea groups is 1. The molecule has 0 spiro atoms. The number of ether oxygens (including phenoxy) is 2. The van der Waals surface area contributed by atoms with Crippen LogP contribution in [0.3, 0.4) is 0 Å². The summed E-state index contributed by atoms with van der Waals surface area (Å²) >= 11 is 0. The third-order valence-electron chi connectivity index (χ3n) is 6.13. The molecule has 1 N–H and O–H groups in total. The monoisotopic (exact) mass is 528 g/mol. The van der Waals surface area contributed by atoms with E-state index in [-0.39, 0.29) is 18.0 Å². The average molecular weight is 529 g/mol. The predicted octanol–water partition coefficient (Wildman–Crippen LogP) is 5.76. The first-order valence-corrected chi connectivity index (χ1v) is 12.6. The van der Waals surface area contributed by atoms with Gasteiger partial charge in [-0.3, -0.25) is 14.9 Å². The molecule has 1 fully saturated rings. The Morgan fingerprint density at radius 3 is 2.28 bits per heavy atom. The Balaban J connectivity index is 1.70. The molecule has 1 saturated heterocycles. The van der Waals surface area contributed by atoms with E-state index in [0.29, 0.717) is 35.8 Å². The predicted molar refractivity (Wildman–Crippen MR) is 147 cm³/mol. The van der Waals surface area contributed by atoms with Crippen molar-refractivity contribution in [1.82, 2.24) is 5.32 Å². The van der Waals surface area contributed by atoms with E-state index in [1.54, 1.807) is 42.5 Å². The van der Waals surface area contributed by atoms with Crippen LogP contribution < -0.4 is 19.7 Å². The van der Waals surface area contributed by atoms with Crippen molar-refractivity contribution in [2.45, 2.75) is 33.3 Å². The number of amides is 4. The highest BCUT2D eigenvalue weighted by Crippen LogP contribution is 2.36. The lowest BCUT2D eigenvalue weighted by Crippen LogP contribution is -2.54. The molecule has 1 heterocycles. The number of nitrogens with one attached hydrogen (secondary N) is 1. The average Bonchev–Trinajstić information content (AvgIpc) is 2.92. The van der Waals surface area contributed by atoms with Crippen molar-refractivity contribution >= 4 is 29.6 Å². The number of aryl methyl sites for hydroxylation is 1. The fraction of sp³-hybridized carbons (Fsp3) is 0.194. The van der Waals surface area contributed by atoms with Gasteiger partial charge in [-0.2, -0.15) is 0 Å². The lowest BCUT2D eigenvalue weighted by molar-refractivity contribution is -0.122. The summed E-state index contributed by atoms with van der Waals surface area (Å²) in [5.74, 6) is -0.954. The Kier molecular flexibility index (Phi) is 8.56. The molecule has 0 saturated carbocycles. The third-order valence-corrected chi connectivity index (χ3v) is 6.13. The summed E-state index contributed by atoms with van der Waals surface area (Å²) in [6.45, 7) is 8.17. The molecule has 0 aromatic heterocycles. The summed E-state index contributed by atoms with van der Waals surface area (Å²) in [5, 5.41) is 2.25. The van der Waals surface area contributed by atoms with Gasteiger partial charge < -0.3 is 9.47 Å².